The predicted octanol–water partition coefficient (Wildman–Crippen LogP) is 4.56. The molecule has 1 aliphatic carbocycles. The molecule has 0 spiro atoms. The molecule has 1 saturated carbocycles. The normalized spacial score (nSPS) is 15.7. The van der Waals surface area contributed by atoms with E-state index in [0.717, 1.165) is 31.6 Å². The lowest BCUT2D eigenvalue weighted by Crippen LogP contribution is -2.35. The van der Waals surface area contributed by atoms with Crippen LogP contribution in [0.5, 0.6) is 0 Å². The van der Waals surface area contributed by atoms with Crippen molar-refractivity contribution in [3.8, 4) is 0 Å². The number of hydrogen-bond acceptors (Lipinski definition) is 2. The fourth-order valence-electron chi connectivity index (χ4n) is 3.89. The van der Waals surface area contributed by atoms with E-state index in [0.29, 0.717) is 11.8 Å². The number of benzene rings is 1. The Hall–Kier alpha value is -1.35. The van der Waals surface area contributed by atoms with Crippen molar-refractivity contribution < 1.29 is 4.79 Å². The number of carbonyl (C=O) groups is 1. The Bertz CT molecular complexity index is 512. The van der Waals surface area contributed by atoms with Crippen LogP contribution >= 0.6 is 0 Å². The predicted molar refractivity (Wildman–Crippen MR) is 103 cm³/mol. The number of anilines is 1. The summed E-state index contributed by atoms with van der Waals surface area (Å²) in [4.78, 5) is 17.4. The first-order chi connectivity index (χ1) is 11.5. The van der Waals surface area contributed by atoms with E-state index < -0.39 is 0 Å². The van der Waals surface area contributed by atoms with Crippen LogP contribution in [0.2, 0.25) is 0 Å². The highest BCUT2D eigenvalue weighted by atomic mass is 16.2. The molecule has 0 aliphatic heterocycles. The van der Waals surface area contributed by atoms with Crippen molar-refractivity contribution in [2.75, 3.05) is 32.1 Å². The van der Waals surface area contributed by atoms with E-state index >= 15 is 0 Å². The monoisotopic (exact) mass is 330 g/mol. The maximum atomic E-state index is 13.1. The molecule has 3 nitrogen and oxygen atoms in total. The summed E-state index contributed by atoms with van der Waals surface area (Å²) in [6.07, 6.45) is 8.11. The van der Waals surface area contributed by atoms with Gasteiger partial charge >= 0.3 is 0 Å². The average molecular weight is 331 g/mol. The van der Waals surface area contributed by atoms with Crippen molar-refractivity contribution in [2.45, 2.75) is 58.8 Å². The van der Waals surface area contributed by atoms with Crippen LogP contribution in [0.4, 0.5) is 5.69 Å². The lowest BCUT2D eigenvalue weighted by atomic mass is 9.86. The second-order valence-electron chi connectivity index (χ2n) is 7.65. The second kappa shape index (κ2) is 9.22. The van der Waals surface area contributed by atoms with Gasteiger partial charge in [0.1, 0.15) is 0 Å². The van der Waals surface area contributed by atoms with Gasteiger partial charge in [-0.25, -0.2) is 0 Å². The van der Waals surface area contributed by atoms with Gasteiger partial charge in [0.2, 0.25) is 5.91 Å². The number of amides is 1. The first kappa shape index (κ1) is 19.0. The summed E-state index contributed by atoms with van der Waals surface area (Å²) in [6.45, 7) is 6.07. The molecule has 1 aromatic rings. The summed E-state index contributed by atoms with van der Waals surface area (Å²) in [7, 11) is 4.18. The Morgan fingerprint density at radius 2 is 1.67 bits per heavy atom. The molecule has 1 amide bonds. The zero-order valence-electron chi connectivity index (χ0n) is 16.0. The summed E-state index contributed by atoms with van der Waals surface area (Å²) in [5.41, 5.74) is 3.55. The third kappa shape index (κ3) is 5.34. The molecular formula is C21H34N2O. The first-order valence-electron chi connectivity index (χ1n) is 9.50. The third-order valence-electron chi connectivity index (χ3n) is 5.19. The molecule has 0 unspecified atom stereocenters. The molecule has 1 fully saturated rings. The van der Waals surface area contributed by atoms with E-state index in [-0.39, 0.29) is 0 Å². The van der Waals surface area contributed by atoms with Crippen LogP contribution in [0.1, 0.15) is 56.1 Å². The van der Waals surface area contributed by atoms with E-state index in [1.165, 1.54) is 43.2 Å². The minimum atomic E-state index is 0.318. The SMILES string of the molecule is Cc1cccc(C)c1N(CCCN(C)C)C(=O)CC1CCCCC1. The zero-order chi connectivity index (χ0) is 17.5. The van der Waals surface area contributed by atoms with Gasteiger partial charge in [-0.1, -0.05) is 37.5 Å². The summed E-state index contributed by atoms with van der Waals surface area (Å²) in [6, 6.07) is 6.32. The summed E-state index contributed by atoms with van der Waals surface area (Å²) >= 11 is 0. The number of carbonyl (C=O) groups excluding carboxylic acids is 1. The number of hydrogen-bond donors (Lipinski definition) is 0. The van der Waals surface area contributed by atoms with Crippen LogP contribution in [-0.2, 0) is 4.79 Å². The molecular weight excluding hydrogens is 296 g/mol. The first-order valence-corrected chi connectivity index (χ1v) is 9.50. The molecule has 0 aromatic heterocycles. The smallest absolute Gasteiger partial charge is 0.227 e. The maximum Gasteiger partial charge on any atom is 0.227 e. The Labute approximate surface area is 148 Å². The molecule has 0 bridgehead atoms. The topological polar surface area (TPSA) is 23.6 Å². The van der Waals surface area contributed by atoms with Crippen molar-refractivity contribution in [3.05, 3.63) is 29.3 Å². The quantitative estimate of drug-likeness (QED) is 0.732. The molecule has 0 N–H and O–H groups in total. The highest BCUT2D eigenvalue weighted by molar-refractivity contribution is 5.95. The number of para-hydroxylation sites is 1. The fourth-order valence-corrected chi connectivity index (χ4v) is 3.89. The molecule has 0 radical (unpaired) electrons. The second-order valence-corrected chi connectivity index (χ2v) is 7.65. The van der Waals surface area contributed by atoms with Gasteiger partial charge in [-0.05, 0) is 70.8 Å². The van der Waals surface area contributed by atoms with Gasteiger partial charge in [-0.3, -0.25) is 4.79 Å². The number of aryl methyl sites for hydroxylation is 2. The Balaban J connectivity index is 2.13. The van der Waals surface area contributed by atoms with E-state index in [9.17, 15) is 4.79 Å². The van der Waals surface area contributed by atoms with Gasteiger partial charge < -0.3 is 9.80 Å². The Kier molecular flexibility index (Phi) is 7.29. The molecule has 1 aromatic carbocycles. The molecule has 0 heterocycles. The van der Waals surface area contributed by atoms with Gasteiger partial charge in [0.05, 0.1) is 0 Å². The van der Waals surface area contributed by atoms with Crippen molar-refractivity contribution >= 4 is 11.6 Å². The standard InChI is InChI=1S/C21H34N2O/c1-17-10-8-11-18(2)21(17)23(15-9-14-22(3)4)20(24)16-19-12-6-5-7-13-19/h8,10-11,19H,5-7,9,12-16H2,1-4H3. The summed E-state index contributed by atoms with van der Waals surface area (Å²) < 4.78 is 0. The van der Waals surface area contributed by atoms with Crippen molar-refractivity contribution in [2.24, 2.45) is 5.92 Å². The van der Waals surface area contributed by atoms with Crippen LogP contribution in [-0.4, -0.2) is 38.0 Å². The Morgan fingerprint density at radius 1 is 1.04 bits per heavy atom. The Morgan fingerprint density at radius 3 is 2.25 bits per heavy atom. The minimum absolute atomic E-state index is 0.318. The van der Waals surface area contributed by atoms with Gasteiger partial charge in [0.25, 0.3) is 0 Å². The average Bonchev–Trinajstić information content (AvgIpc) is 2.53. The van der Waals surface area contributed by atoms with Crippen LogP contribution < -0.4 is 4.90 Å². The van der Waals surface area contributed by atoms with Crippen LogP contribution in [0.15, 0.2) is 18.2 Å². The highest BCUT2D eigenvalue weighted by Gasteiger charge is 2.23. The van der Waals surface area contributed by atoms with Gasteiger partial charge in [-0.2, -0.15) is 0 Å². The molecule has 134 valence electrons. The lowest BCUT2D eigenvalue weighted by molar-refractivity contribution is -0.119. The molecule has 24 heavy (non-hydrogen) atoms. The van der Waals surface area contributed by atoms with Crippen molar-refractivity contribution in [1.82, 2.24) is 4.90 Å². The van der Waals surface area contributed by atoms with E-state index in [4.69, 9.17) is 0 Å². The van der Waals surface area contributed by atoms with Crippen molar-refractivity contribution in [1.29, 1.82) is 0 Å². The van der Waals surface area contributed by atoms with Crippen LogP contribution in [0, 0.1) is 19.8 Å². The molecule has 1 aliphatic rings. The summed E-state index contributed by atoms with van der Waals surface area (Å²) in [5.74, 6) is 0.907. The van der Waals surface area contributed by atoms with Gasteiger partial charge in [0, 0.05) is 18.7 Å². The van der Waals surface area contributed by atoms with Crippen LogP contribution in [0.3, 0.4) is 0 Å². The third-order valence-corrected chi connectivity index (χ3v) is 5.19. The van der Waals surface area contributed by atoms with E-state index in [1.807, 2.05) is 0 Å². The van der Waals surface area contributed by atoms with Crippen molar-refractivity contribution in [3.63, 3.8) is 0 Å². The molecule has 0 atom stereocenters. The molecule has 0 saturated heterocycles. The lowest BCUT2D eigenvalue weighted by Gasteiger charge is -2.29. The maximum absolute atomic E-state index is 13.1. The number of rotatable bonds is 7. The van der Waals surface area contributed by atoms with E-state index in [2.05, 4.69) is 55.9 Å². The largest absolute Gasteiger partial charge is 0.312 e. The van der Waals surface area contributed by atoms with Gasteiger partial charge in [0.15, 0.2) is 0 Å². The molecule has 3 heteroatoms. The highest BCUT2D eigenvalue weighted by Crippen LogP contribution is 2.30. The van der Waals surface area contributed by atoms with Crippen LogP contribution in [0.25, 0.3) is 0 Å². The zero-order valence-corrected chi connectivity index (χ0v) is 16.0. The molecule has 2 rings (SSSR count). The number of nitrogens with zero attached hydrogens (tertiary/aromatic N) is 2. The van der Waals surface area contributed by atoms with E-state index in [1.54, 1.807) is 0 Å². The van der Waals surface area contributed by atoms with Gasteiger partial charge in [-0.15, -0.1) is 0 Å². The summed E-state index contributed by atoms with van der Waals surface area (Å²) in [5, 5.41) is 0. The fraction of sp³-hybridized carbons (Fsp3) is 0.667. The minimum Gasteiger partial charge on any atom is -0.312 e.